The lowest BCUT2D eigenvalue weighted by Gasteiger charge is -2.17. The van der Waals surface area contributed by atoms with Crippen molar-refractivity contribution >= 4 is 47.7 Å². The van der Waals surface area contributed by atoms with E-state index >= 15 is 0 Å². The molecule has 0 aliphatic rings. The number of hydrogen-bond donors (Lipinski definition) is 1. The molecule has 0 amide bonds. The van der Waals surface area contributed by atoms with Gasteiger partial charge in [-0.15, -0.1) is 0 Å². The Morgan fingerprint density at radius 3 is 2.43 bits per heavy atom. The Morgan fingerprint density at radius 2 is 1.82 bits per heavy atom. The minimum Gasteiger partial charge on any atom is -0.493 e. The first-order chi connectivity index (χ1) is 13.3. The molecule has 0 radical (unpaired) electrons. The van der Waals surface area contributed by atoms with Crippen molar-refractivity contribution in [2.75, 3.05) is 26.0 Å². The quantitative estimate of drug-likeness (QED) is 0.348. The van der Waals surface area contributed by atoms with Crippen molar-refractivity contribution in [3.63, 3.8) is 0 Å². The molecule has 0 atom stereocenters. The van der Waals surface area contributed by atoms with Crippen LogP contribution in [0.25, 0.3) is 10.9 Å². The van der Waals surface area contributed by atoms with E-state index < -0.39 is 13.6 Å². The van der Waals surface area contributed by atoms with Crippen LogP contribution in [0.2, 0.25) is 10.0 Å². The maximum absolute atomic E-state index is 12.4. The van der Waals surface area contributed by atoms with E-state index in [1.54, 1.807) is 19.9 Å². The normalized spacial score (nSPS) is 11.7. The highest BCUT2D eigenvalue weighted by atomic mass is 35.5. The SMILES string of the molecule is CCOP(=O)(CCCCOc1cc(C(=O)O)nc2cc(Cl)cc(Cl)c12)OCC. The molecule has 1 aromatic heterocycles. The van der Waals surface area contributed by atoms with E-state index in [4.69, 9.17) is 37.0 Å². The fourth-order valence-electron chi connectivity index (χ4n) is 2.62. The van der Waals surface area contributed by atoms with Gasteiger partial charge in [-0.2, -0.15) is 0 Å². The van der Waals surface area contributed by atoms with E-state index in [9.17, 15) is 14.5 Å². The van der Waals surface area contributed by atoms with Crippen molar-refractivity contribution in [3.8, 4) is 5.75 Å². The molecular formula is C18H22Cl2NO6P. The molecule has 28 heavy (non-hydrogen) atoms. The van der Waals surface area contributed by atoms with Gasteiger partial charge in [0.2, 0.25) is 0 Å². The highest BCUT2D eigenvalue weighted by Gasteiger charge is 2.22. The molecule has 10 heteroatoms. The summed E-state index contributed by atoms with van der Waals surface area (Å²) in [7, 11) is -3.08. The number of carbonyl (C=O) groups is 1. The molecule has 2 rings (SSSR count). The molecule has 1 aromatic carbocycles. The van der Waals surface area contributed by atoms with Crippen LogP contribution in [-0.4, -0.2) is 42.0 Å². The number of halogens is 2. The van der Waals surface area contributed by atoms with E-state index in [2.05, 4.69) is 4.98 Å². The van der Waals surface area contributed by atoms with Crippen molar-refractivity contribution in [3.05, 3.63) is 33.9 Å². The number of benzene rings is 1. The van der Waals surface area contributed by atoms with Crippen LogP contribution in [-0.2, 0) is 13.6 Å². The van der Waals surface area contributed by atoms with Crippen molar-refractivity contribution < 1.29 is 28.3 Å². The van der Waals surface area contributed by atoms with Crippen LogP contribution in [0.4, 0.5) is 0 Å². The molecule has 0 bridgehead atoms. The Labute approximate surface area is 173 Å². The van der Waals surface area contributed by atoms with E-state index in [0.717, 1.165) is 0 Å². The van der Waals surface area contributed by atoms with Crippen molar-refractivity contribution in [2.24, 2.45) is 0 Å². The van der Waals surface area contributed by atoms with Crippen LogP contribution in [0.15, 0.2) is 18.2 Å². The summed E-state index contributed by atoms with van der Waals surface area (Å²) in [5, 5.41) is 10.4. The zero-order chi connectivity index (χ0) is 20.7. The third-order valence-corrected chi connectivity index (χ3v) is 6.43. The predicted molar refractivity (Wildman–Crippen MR) is 109 cm³/mol. The van der Waals surface area contributed by atoms with E-state index in [-0.39, 0.29) is 18.5 Å². The van der Waals surface area contributed by atoms with E-state index in [1.165, 1.54) is 12.1 Å². The van der Waals surface area contributed by atoms with Gasteiger partial charge in [0.25, 0.3) is 0 Å². The molecule has 0 aliphatic heterocycles. The molecule has 0 saturated carbocycles. The number of pyridine rings is 1. The van der Waals surface area contributed by atoms with Crippen LogP contribution in [0.3, 0.4) is 0 Å². The van der Waals surface area contributed by atoms with Gasteiger partial charge in [0.05, 0.1) is 41.9 Å². The van der Waals surface area contributed by atoms with Gasteiger partial charge in [0, 0.05) is 11.1 Å². The average Bonchev–Trinajstić information content (AvgIpc) is 2.60. The number of carboxylic acids is 1. The summed E-state index contributed by atoms with van der Waals surface area (Å²) in [5.74, 6) is -0.876. The van der Waals surface area contributed by atoms with Crippen LogP contribution < -0.4 is 4.74 Å². The number of hydrogen-bond acceptors (Lipinski definition) is 6. The minimum atomic E-state index is -3.08. The zero-order valence-electron chi connectivity index (χ0n) is 15.6. The van der Waals surface area contributed by atoms with Crippen molar-refractivity contribution in [1.29, 1.82) is 0 Å². The maximum Gasteiger partial charge on any atom is 0.354 e. The van der Waals surface area contributed by atoms with Crippen LogP contribution >= 0.6 is 30.8 Å². The number of ether oxygens (including phenoxy) is 1. The summed E-state index contributed by atoms with van der Waals surface area (Å²) in [5.41, 5.74) is 0.169. The largest absolute Gasteiger partial charge is 0.493 e. The van der Waals surface area contributed by atoms with Crippen LogP contribution in [0.5, 0.6) is 5.75 Å². The fraction of sp³-hybridized carbons (Fsp3) is 0.444. The summed E-state index contributed by atoms with van der Waals surface area (Å²) in [6.07, 6.45) is 1.42. The molecular weight excluding hydrogens is 428 g/mol. The van der Waals surface area contributed by atoms with Gasteiger partial charge in [0.1, 0.15) is 5.75 Å². The Bertz CT molecular complexity index is 882. The number of unbranched alkanes of at least 4 members (excludes halogenated alkanes) is 1. The second-order valence-corrected chi connectivity index (χ2v) is 8.85. The van der Waals surface area contributed by atoms with Gasteiger partial charge in [-0.25, -0.2) is 9.78 Å². The summed E-state index contributed by atoms with van der Waals surface area (Å²) in [6, 6.07) is 4.40. The average molecular weight is 450 g/mol. The van der Waals surface area contributed by atoms with Gasteiger partial charge in [0.15, 0.2) is 5.69 Å². The second kappa shape index (κ2) is 10.4. The third-order valence-electron chi connectivity index (χ3n) is 3.74. The molecule has 0 unspecified atom stereocenters. The van der Waals surface area contributed by atoms with Gasteiger partial charge in [-0.3, -0.25) is 4.57 Å². The monoisotopic (exact) mass is 449 g/mol. The van der Waals surface area contributed by atoms with Gasteiger partial charge >= 0.3 is 13.6 Å². The predicted octanol–water partition coefficient (Wildman–Crippen LogP) is 5.66. The number of carboxylic acid groups (broad SMARTS) is 1. The Hall–Kier alpha value is -1.37. The first-order valence-corrected chi connectivity index (χ1v) is 11.3. The smallest absolute Gasteiger partial charge is 0.354 e. The highest BCUT2D eigenvalue weighted by molar-refractivity contribution is 7.53. The Balaban J connectivity index is 2.09. The topological polar surface area (TPSA) is 95.0 Å². The maximum atomic E-state index is 12.4. The standard InChI is InChI=1S/C18H22Cl2NO6P/c1-3-26-28(24,27-4-2)8-6-5-7-25-16-11-15(18(22)23)21-14-10-12(19)9-13(20)17(14)16/h9-11H,3-8H2,1-2H3,(H,22,23). The molecule has 154 valence electrons. The number of aromatic nitrogens is 1. The highest BCUT2D eigenvalue weighted by Crippen LogP contribution is 2.48. The Morgan fingerprint density at radius 1 is 1.14 bits per heavy atom. The summed E-state index contributed by atoms with van der Waals surface area (Å²) < 4.78 is 28.7. The molecule has 0 spiro atoms. The molecule has 2 aromatic rings. The van der Waals surface area contributed by atoms with Crippen molar-refractivity contribution in [1.82, 2.24) is 4.98 Å². The van der Waals surface area contributed by atoms with Crippen LogP contribution in [0.1, 0.15) is 37.2 Å². The van der Waals surface area contributed by atoms with Crippen molar-refractivity contribution in [2.45, 2.75) is 26.7 Å². The Kier molecular flexibility index (Phi) is 8.53. The lowest BCUT2D eigenvalue weighted by atomic mass is 10.1. The van der Waals surface area contributed by atoms with E-state index in [0.29, 0.717) is 52.8 Å². The summed E-state index contributed by atoms with van der Waals surface area (Å²) in [4.78, 5) is 15.4. The molecule has 0 fully saturated rings. The van der Waals surface area contributed by atoms with Gasteiger partial charge in [-0.05, 0) is 38.8 Å². The molecule has 1 heterocycles. The summed E-state index contributed by atoms with van der Waals surface area (Å²) >= 11 is 12.2. The lowest BCUT2D eigenvalue weighted by Crippen LogP contribution is -2.06. The minimum absolute atomic E-state index is 0.168. The van der Waals surface area contributed by atoms with Gasteiger partial charge < -0.3 is 18.9 Å². The van der Waals surface area contributed by atoms with E-state index in [1.807, 2.05) is 0 Å². The third kappa shape index (κ3) is 6.06. The van der Waals surface area contributed by atoms with Gasteiger partial charge in [-0.1, -0.05) is 23.2 Å². The molecule has 1 N–H and O–H groups in total. The lowest BCUT2D eigenvalue weighted by molar-refractivity contribution is 0.0690. The number of fused-ring (bicyclic) bond motifs is 1. The molecule has 0 aliphatic carbocycles. The second-order valence-electron chi connectivity index (χ2n) is 5.82. The zero-order valence-corrected chi connectivity index (χ0v) is 18.0. The fourth-order valence-corrected chi connectivity index (χ4v) is 4.93. The first kappa shape index (κ1) is 22.9. The molecule has 7 nitrogen and oxygen atoms in total. The van der Waals surface area contributed by atoms with Crippen LogP contribution in [0, 0.1) is 0 Å². The molecule has 0 saturated heterocycles. The number of aromatic carboxylic acids is 1. The number of nitrogens with zero attached hydrogens (tertiary/aromatic N) is 1. The first-order valence-electron chi connectivity index (χ1n) is 8.83. The summed E-state index contributed by atoms with van der Waals surface area (Å²) in [6.45, 7) is 4.43. The number of rotatable bonds is 11.